The van der Waals surface area contributed by atoms with Gasteiger partial charge in [-0.1, -0.05) is 47.2 Å². The van der Waals surface area contributed by atoms with Crippen molar-refractivity contribution in [2.24, 2.45) is 4.99 Å². The van der Waals surface area contributed by atoms with Crippen LogP contribution < -0.4 is 14.3 Å². The predicted molar refractivity (Wildman–Crippen MR) is 107 cm³/mol. The van der Waals surface area contributed by atoms with Gasteiger partial charge in [0.05, 0.1) is 10.2 Å². The number of hydrogen-bond acceptors (Lipinski definition) is 4. The van der Waals surface area contributed by atoms with E-state index in [0.717, 1.165) is 15.8 Å². The van der Waals surface area contributed by atoms with Crippen LogP contribution in [-0.2, 0) is 11.3 Å². The Morgan fingerprint density at radius 2 is 2.07 bits per heavy atom. The summed E-state index contributed by atoms with van der Waals surface area (Å²) in [5.74, 6) is 1.03. The second kappa shape index (κ2) is 7.42. The molecule has 5 nitrogen and oxygen atoms in total. The van der Waals surface area contributed by atoms with E-state index in [1.54, 1.807) is 18.2 Å². The molecule has 7 heteroatoms. The maximum atomic E-state index is 12.4. The largest absolute Gasteiger partial charge is 0.454 e. The highest BCUT2D eigenvalue weighted by Gasteiger charge is 2.17. The standard InChI is InChI=1S/C20H15ClN2O3S/c1-2-9-23-15-10-16-17(26-12-25-16)11-18(15)27-20(23)22-19(24)8-7-13-5-3-4-6-14(13)21/h2-8,10-11H,1,9,12H2/b8-7+,22-20?. The van der Waals surface area contributed by atoms with Crippen molar-refractivity contribution in [1.29, 1.82) is 0 Å². The van der Waals surface area contributed by atoms with Gasteiger partial charge in [-0.05, 0) is 17.7 Å². The number of amides is 1. The number of rotatable bonds is 4. The van der Waals surface area contributed by atoms with E-state index < -0.39 is 0 Å². The number of nitrogens with zero attached hydrogens (tertiary/aromatic N) is 2. The van der Waals surface area contributed by atoms with Gasteiger partial charge in [0.25, 0.3) is 5.91 Å². The lowest BCUT2D eigenvalue weighted by Crippen LogP contribution is -2.15. The fourth-order valence-corrected chi connectivity index (χ4v) is 4.01. The second-order valence-electron chi connectivity index (χ2n) is 5.76. The topological polar surface area (TPSA) is 52.8 Å². The lowest BCUT2D eigenvalue weighted by molar-refractivity contribution is -0.113. The monoisotopic (exact) mass is 398 g/mol. The Balaban J connectivity index is 1.73. The second-order valence-corrected chi connectivity index (χ2v) is 7.18. The molecule has 2 heterocycles. The van der Waals surface area contributed by atoms with Gasteiger partial charge in [0.15, 0.2) is 16.3 Å². The molecule has 0 saturated heterocycles. The Bertz CT molecular complexity index is 1140. The van der Waals surface area contributed by atoms with Crippen LogP contribution in [0.3, 0.4) is 0 Å². The Labute approximate surface area is 164 Å². The molecule has 1 amide bonds. The Morgan fingerprint density at radius 1 is 1.30 bits per heavy atom. The van der Waals surface area contributed by atoms with Crippen molar-refractivity contribution in [1.82, 2.24) is 4.57 Å². The number of ether oxygens (including phenoxy) is 2. The van der Waals surface area contributed by atoms with Gasteiger partial charge in [-0.15, -0.1) is 6.58 Å². The molecule has 0 spiro atoms. The highest BCUT2D eigenvalue weighted by molar-refractivity contribution is 7.16. The van der Waals surface area contributed by atoms with Gasteiger partial charge in [-0.2, -0.15) is 4.99 Å². The fourth-order valence-electron chi connectivity index (χ4n) is 2.75. The van der Waals surface area contributed by atoms with Gasteiger partial charge in [0.2, 0.25) is 6.79 Å². The first-order chi connectivity index (χ1) is 13.2. The quantitative estimate of drug-likeness (QED) is 0.483. The lowest BCUT2D eigenvalue weighted by Gasteiger charge is -2.02. The number of fused-ring (bicyclic) bond motifs is 2. The maximum Gasteiger partial charge on any atom is 0.272 e. The van der Waals surface area contributed by atoms with Gasteiger partial charge in [-0.3, -0.25) is 4.79 Å². The lowest BCUT2D eigenvalue weighted by atomic mass is 10.2. The Kier molecular flexibility index (Phi) is 4.83. The molecule has 0 aliphatic carbocycles. The number of allylic oxidation sites excluding steroid dienone is 1. The molecule has 0 radical (unpaired) electrons. The van der Waals surface area contributed by atoms with Crippen LogP contribution in [0.1, 0.15) is 5.56 Å². The first-order valence-electron chi connectivity index (χ1n) is 8.21. The molecular formula is C20H15ClN2O3S. The molecule has 0 bridgehead atoms. The Hall–Kier alpha value is -2.83. The summed E-state index contributed by atoms with van der Waals surface area (Å²) < 4.78 is 13.8. The first-order valence-corrected chi connectivity index (χ1v) is 9.40. The molecule has 0 N–H and O–H groups in total. The van der Waals surface area contributed by atoms with Crippen LogP contribution in [0, 0.1) is 0 Å². The van der Waals surface area contributed by atoms with Crippen molar-refractivity contribution in [3.8, 4) is 11.5 Å². The highest BCUT2D eigenvalue weighted by Crippen LogP contribution is 2.36. The number of hydrogen-bond donors (Lipinski definition) is 0. The number of thiazole rings is 1. The molecule has 1 aliphatic rings. The van der Waals surface area contributed by atoms with E-state index in [1.165, 1.54) is 17.4 Å². The summed E-state index contributed by atoms with van der Waals surface area (Å²) in [6, 6.07) is 11.1. The smallest absolute Gasteiger partial charge is 0.272 e. The zero-order chi connectivity index (χ0) is 18.8. The van der Waals surface area contributed by atoms with Crippen molar-refractivity contribution in [2.75, 3.05) is 6.79 Å². The van der Waals surface area contributed by atoms with Crippen LogP contribution in [0.15, 0.2) is 60.1 Å². The SMILES string of the molecule is C=CCn1c(=NC(=O)/C=C/c2ccccc2Cl)sc2cc3c(cc21)OCO3. The zero-order valence-corrected chi connectivity index (χ0v) is 15.8. The van der Waals surface area contributed by atoms with Gasteiger partial charge >= 0.3 is 0 Å². The van der Waals surface area contributed by atoms with E-state index in [9.17, 15) is 4.79 Å². The zero-order valence-electron chi connectivity index (χ0n) is 14.2. The Morgan fingerprint density at radius 3 is 2.85 bits per heavy atom. The van der Waals surface area contributed by atoms with Gasteiger partial charge in [-0.25, -0.2) is 0 Å². The van der Waals surface area contributed by atoms with Crippen molar-refractivity contribution in [3.05, 3.63) is 70.5 Å². The number of aromatic nitrogens is 1. The van der Waals surface area contributed by atoms with E-state index in [0.29, 0.717) is 27.9 Å². The van der Waals surface area contributed by atoms with Crippen LogP contribution in [0.25, 0.3) is 16.3 Å². The molecule has 1 aromatic heterocycles. The molecule has 0 saturated carbocycles. The minimum Gasteiger partial charge on any atom is -0.454 e. The maximum absolute atomic E-state index is 12.4. The van der Waals surface area contributed by atoms with Gasteiger partial charge < -0.3 is 14.0 Å². The fraction of sp³-hybridized carbons (Fsp3) is 0.100. The molecule has 3 aromatic rings. The first kappa shape index (κ1) is 17.6. The van der Waals surface area contributed by atoms with Crippen molar-refractivity contribution in [2.45, 2.75) is 6.54 Å². The molecule has 136 valence electrons. The van der Waals surface area contributed by atoms with Crippen molar-refractivity contribution >= 4 is 45.1 Å². The van der Waals surface area contributed by atoms with E-state index in [-0.39, 0.29) is 12.7 Å². The molecule has 0 unspecified atom stereocenters. The molecule has 0 atom stereocenters. The summed E-state index contributed by atoms with van der Waals surface area (Å²) in [6.07, 6.45) is 4.84. The van der Waals surface area contributed by atoms with E-state index in [1.807, 2.05) is 34.9 Å². The molecule has 0 fully saturated rings. The van der Waals surface area contributed by atoms with Gasteiger partial charge in [0, 0.05) is 29.8 Å². The third-order valence-electron chi connectivity index (χ3n) is 4.01. The van der Waals surface area contributed by atoms with Crippen LogP contribution in [0.5, 0.6) is 11.5 Å². The molecule has 2 aromatic carbocycles. The summed E-state index contributed by atoms with van der Waals surface area (Å²) in [7, 11) is 0. The average Bonchev–Trinajstić information content (AvgIpc) is 3.24. The summed E-state index contributed by atoms with van der Waals surface area (Å²) in [5, 5.41) is 0.583. The van der Waals surface area contributed by atoms with Crippen LogP contribution in [-0.4, -0.2) is 17.3 Å². The minimum atomic E-state index is -0.362. The van der Waals surface area contributed by atoms with Crippen LogP contribution >= 0.6 is 22.9 Å². The normalized spacial score (nSPS) is 13.6. The molecule has 27 heavy (non-hydrogen) atoms. The summed E-state index contributed by atoms with van der Waals surface area (Å²) in [6.45, 7) is 4.54. The third-order valence-corrected chi connectivity index (χ3v) is 5.39. The number of halogens is 1. The minimum absolute atomic E-state index is 0.219. The van der Waals surface area contributed by atoms with Crippen molar-refractivity contribution < 1.29 is 14.3 Å². The molecule has 4 rings (SSSR count). The number of carbonyl (C=O) groups excluding carboxylic acids is 1. The van der Waals surface area contributed by atoms with E-state index in [2.05, 4.69) is 11.6 Å². The van der Waals surface area contributed by atoms with Crippen LogP contribution in [0.2, 0.25) is 5.02 Å². The molecular weight excluding hydrogens is 384 g/mol. The van der Waals surface area contributed by atoms with E-state index in [4.69, 9.17) is 21.1 Å². The van der Waals surface area contributed by atoms with Crippen LogP contribution in [0.4, 0.5) is 0 Å². The summed E-state index contributed by atoms with van der Waals surface area (Å²) in [5.41, 5.74) is 1.69. The predicted octanol–water partition coefficient (Wildman–Crippen LogP) is 4.41. The summed E-state index contributed by atoms with van der Waals surface area (Å²) >= 11 is 7.52. The highest BCUT2D eigenvalue weighted by atomic mass is 35.5. The van der Waals surface area contributed by atoms with Crippen molar-refractivity contribution in [3.63, 3.8) is 0 Å². The number of benzene rings is 2. The van der Waals surface area contributed by atoms with Gasteiger partial charge in [0.1, 0.15) is 0 Å². The molecule has 1 aliphatic heterocycles. The summed E-state index contributed by atoms with van der Waals surface area (Å²) in [4.78, 5) is 17.2. The third kappa shape index (κ3) is 3.54. The number of carbonyl (C=O) groups is 1. The van der Waals surface area contributed by atoms with E-state index >= 15 is 0 Å². The average molecular weight is 399 g/mol.